The zero-order valence-corrected chi connectivity index (χ0v) is 12.9. The van der Waals surface area contributed by atoms with Crippen LogP contribution in [-0.2, 0) is 11.3 Å². The molecule has 1 aliphatic rings. The second-order valence-electron chi connectivity index (χ2n) is 5.70. The Balaban J connectivity index is 1.73. The molecule has 5 heteroatoms. The average Bonchev–Trinajstić information content (AvgIpc) is 2.55. The van der Waals surface area contributed by atoms with Gasteiger partial charge in [0, 0.05) is 30.9 Å². The third kappa shape index (κ3) is 3.24. The molecule has 0 aliphatic carbocycles. The summed E-state index contributed by atoms with van der Waals surface area (Å²) in [5, 5.41) is 0. The molecule has 3 nitrogen and oxygen atoms in total. The maximum atomic E-state index is 13.8. The minimum absolute atomic E-state index is 0.0563. The number of hydrogen-bond acceptors (Lipinski definition) is 2. The number of amides is 1. The minimum atomic E-state index is -0.353. The van der Waals surface area contributed by atoms with E-state index in [1.165, 1.54) is 18.2 Å². The van der Waals surface area contributed by atoms with E-state index in [1.807, 2.05) is 11.8 Å². The van der Waals surface area contributed by atoms with E-state index in [1.54, 1.807) is 35.2 Å². The highest BCUT2D eigenvalue weighted by Gasteiger charge is 2.32. The molecule has 3 rings (SSSR count). The average molecular weight is 316 g/mol. The van der Waals surface area contributed by atoms with Crippen molar-refractivity contribution in [2.24, 2.45) is 0 Å². The van der Waals surface area contributed by atoms with Crippen LogP contribution in [0.25, 0.3) is 0 Å². The van der Waals surface area contributed by atoms with Gasteiger partial charge >= 0.3 is 0 Å². The molecule has 2 aromatic rings. The molecule has 0 saturated carbocycles. The Morgan fingerprint density at radius 2 is 1.74 bits per heavy atom. The zero-order chi connectivity index (χ0) is 16.4. The van der Waals surface area contributed by atoms with E-state index in [2.05, 4.69) is 0 Å². The van der Waals surface area contributed by atoms with Crippen LogP contribution in [0, 0.1) is 11.6 Å². The molecule has 1 fully saturated rings. The molecule has 1 heterocycles. The van der Waals surface area contributed by atoms with Crippen LogP contribution in [0.5, 0.6) is 0 Å². The maximum absolute atomic E-state index is 13.8. The molecule has 0 N–H and O–H groups in total. The first-order valence-corrected chi connectivity index (χ1v) is 7.60. The highest BCUT2D eigenvalue weighted by atomic mass is 19.1. The summed E-state index contributed by atoms with van der Waals surface area (Å²) in [5.41, 5.74) is 1.27. The Kier molecular flexibility index (Phi) is 4.39. The maximum Gasteiger partial charge on any atom is 0.244 e. The monoisotopic (exact) mass is 316 g/mol. The molecular formula is C18H18F2N2O. The van der Waals surface area contributed by atoms with Crippen LogP contribution in [0.3, 0.4) is 0 Å². The van der Waals surface area contributed by atoms with Crippen molar-refractivity contribution in [3.63, 3.8) is 0 Å². The van der Waals surface area contributed by atoms with Gasteiger partial charge < -0.3 is 4.90 Å². The van der Waals surface area contributed by atoms with Crippen molar-refractivity contribution in [3.8, 4) is 0 Å². The molecule has 1 saturated heterocycles. The van der Waals surface area contributed by atoms with Crippen molar-refractivity contribution in [1.29, 1.82) is 0 Å². The third-order valence-electron chi connectivity index (χ3n) is 4.25. The zero-order valence-electron chi connectivity index (χ0n) is 12.9. The summed E-state index contributed by atoms with van der Waals surface area (Å²) in [6.07, 6.45) is 0. The number of rotatable bonds is 3. The molecule has 0 aromatic heterocycles. The van der Waals surface area contributed by atoms with Gasteiger partial charge in [-0.1, -0.05) is 18.2 Å². The second-order valence-corrected chi connectivity index (χ2v) is 5.70. The van der Waals surface area contributed by atoms with Gasteiger partial charge in [-0.3, -0.25) is 9.69 Å². The number of piperazine rings is 1. The fourth-order valence-electron chi connectivity index (χ4n) is 2.85. The van der Waals surface area contributed by atoms with Crippen LogP contribution >= 0.6 is 0 Å². The van der Waals surface area contributed by atoms with Crippen molar-refractivity contribution in [3.05, 3.63) is 65.7 Å². The lowest BCUT2D eigenvalue weighted by molar-refractivity contribution is -0.125. The lowest BCUT2D eigenvalue weighted by Crippen LogP contribution is -2.55. The first-order chi connectivity index (χ1) is 11.1. The van der Waals surface area contributed by atoms with Crippen molar-refractivity contribution >= 4 is 11.6 Å². The van der Waals surface area contributed by atoms with E-state index < -0.39 is 0 Å². The first-order valence-electron chi connectivity index (χ1n) is 7.60. The molecule has 1 unspecified atom stereocenters. The van der Waals surface area contributed by atoms with E-state index in [0.717, 1.165) is 0 Å². The summed E-state index contributed by atoms with van der Waals surface area (Å²) in [4.78, 5) is 16.2. The van der Waals surface area contributed by atoms with Crippen LogP contribution in [0.1, 0.15) is 12.5 Å². The fourth-order valence-corrected chi connectivity index (χ4v) is 2.85. The smallest absolute Gasteiger partial charge is 0.244 e. The molecule has 0 spiro atoms. The highest BCUT2D eigenvalue weighted by molar-refractivity contribution is 5.97. The molecule has 1 atom stereocenters. The number of carbonyl (C=O) groups excluding carboxylic acids is 1. The molecule has 23 heavy (non-hydrogen) atoms. The Morgan fingerprint density at radius 3 is 2.43 bits per heavy atom. The normalized spacial score (nSPS) is 19.2. The van der Waals surface area contributed by atoms with E-state index in [9.17, 15) is 13.6 Å². The lowest BCUT2D eigenvalue weighted by Gasteiger charge is -2.39. The van der Waals surface area contributed by atoms with Gasteiger partial charge in [0.25, 0.3) is 0 Å². The van der Waals surface area contributed by atoms with Crippen molar-refractivity contribution in [2.75, 3.05) is 18.0 Å². The SMILES string of the molecule is CC1C(=O)N(c2ccc(F)cc2)CCN1Cc1ccccc1F. The Hall–Kier alpha value is -2.27. The van der Waals surface area contributed by atoms with Gasteiger partial charge in [0.2, 0.25) is 5.91 Å². The van der Waals surface area contributed by atoms with Crippen molar-refractivity contribution < 1.29 is 13.6 Å². The number of benzene rings is 2. The third-order valence-corrected chi connectivity index (χ3v) is 4.25. The van der Waals surface area contributed by atoms with Gasteiger partial charge in [0.05, 0.1) is 6.04 Å². The number of anilines is 1. The Labute approximate surface area is 134 Å². The van der Waals surface area contributed by atoms with Gasteiger partial charge in [-0.05, 0) is 37.3 Å². The van der Waals surface area contributed by atoms with Crippen molar-refractivity contribution in [1.82, 2.24) is 4.90 Å². The van der Waals surface area contributed by atoms with E-state index in [4.69, 9.17) is 0 Å². The second kappa shape index (κ2) is 6.46. The summed E-state index contributed by atoms with van der Waals surface area (Å²) >= 11 is 0. The largest absolute Gasteiger partial charge is 0.310 e. The van der Waals surface area contributed by atoms with Gasteiger partial charge in [0.1, 0.15) is 11.6 Å². The van der Waals surface area contributed by atoms with Crippen LogP contribution in [0.2, 0.25) is 0 Å². The lowest BCUT2D eigenvalue weighted by atomic mass is 10.1. The Morgan fingerprint density at radius 1 is 1.04 bits per heavy atom. The van der Waals surface area contributed by atoms with Gasteiger partial charge in [-0.15, -0.1) is 0 Å². The topological polar surface area (TPSA) is 23.6 Å². The molecule has 1 aliphatic heterocycles. The molecule has 0 bridgehead atoms. The van der Waals surface area contributed by atoms with Gasteiger partial charge in [0.15, 0.2) is 0 Å². The fraction of sp³-hybridized carbons (Fsp3) is 0.278. The molecule has 120 valence electrons. The number of halogens is 2. The molecule has 1 amide bonds. The van der Waals surface area contributed by atoms with Crippen LogP contribution in [0.15, 0.2) is 48.5 Å². The number of hydrogen-bond donors (Lipinski definition) is 0. The van der Waals surface area contributed by atoms with Gasteiger partial charge in [-0.2, -0.15) is 0 Å². The molecular weight excluding hydrogens is 298 g/mol. The quantitative estimate of drug-likeness (QED) is 0.868. The number of carbonyl (C=O) groups is 1. The van der Waals surface area contributed by atoms with Crippen molar-refractivity contribution in [2.45, 2.75) is 19.5 Å². The first kappa shape index (κ1) is 15.6. The Bertz CT molecular complexity index is 702. The molecule has 2 aromatic carbocycles. The molecule has 0 radical (unpaired) electrons. The predicted octanol–water partition coefficient (Wildman–Crippen LogP) is 3.20. The summed E-state index contributed by atoms with van der Waals surface area (Å²) in [7, 11) is 0. The van der Waals surface area contributed by atoms with Crippen LogP contribution in [-0.4, -0.2) is 29.9 Å². The minimum Gasteiger partial charge on any atom is -0.310 e. The predicted molar refractivity (Wildman–Crippen MR) is 85.0 cm³/mol. The summed E-state index contributed by atoms with van der Waals surface area (Å²) in [5.74, 6) is -0.639. The summed E-state index contributed by atoms with van der Waals surface area (Å²) < 4.78 is 26.8. The number of nitrogens with zero attached hydrogens (tertiary/aromatic N) is 2. The summed E-state index contributed by atoms with van der Waals surface area (Å²) in [6.45, 7) is 3.36. The van der Waals surface area contributed by atoms with Crippen LogP contribution < -0.4 is 4.90 Å². The van der Waals surface area contributed by atoms with E-state index >= 15 is 0 Å². The van der Waals surface area contributed by atoms with E-state index in [-0.39, 0.29) is 23.6 Å². The highest BCUT2D eigenvalue weighted by Crippen LogP contribution is 2.22. The van der Waals surface area contributed by atoms with Gasteiger partial charge in [-0.25, -0.2) is 8.78 Å². The van der Waals surface area contributed by atoms with Crippen LogP contribution in [0.4, 0.5) is 14.5 Å². The standard InChI is InChI=1S/C18H18F2N2O/c1-13-18(23)22(16-8-6-15(19)7-9-16)11-10-21(13)12-14-4-2-3-5-17(14)20/h2-9,13H,10-12H2,1H3. The van der Waals surface area contributed by atoms with E-state index in [0.29, 0.717) is 30.9 Å². The summed E-state index contributed by atoms with van der Waals surface area (Å²) in [6, 6.07) is 12.2.